The topological polar surface area (TPSA) is 73.9 Å². The predicted octanol–water partition coefficient (Wildman–Crippen LogP) is 0.782. The number of pyridine rings is 1. The molecule has 20 heavy (non-hydrogen) atoms. The van der Waals surface area contributed by atoms with Gasteiger partial charge in [0.1, 0.15) is 0 Å². The van der Waals surface area contributed by atoms with E-state index in [1.165, 1.54) is 6.42 Å². The molecule has 2 atom stereocenters. The second-order valence-corrected chi connectivity index (χ2v) is 5.67. The lowest BCUT2D eigenvalue weighted by Crippen LogP contribution is -2.47. The molecule has 6 heteroatoms. The van der Waals surface area contributed by atoms with E-state index in [1.54, 1.807) is 6.20 Å². The molecule has 104 valence electrons. The number of nitrogens with one attached hydrogen (secondary N) is 2. The van der Waals surface area contributed by atoms with Gasteiger partial charge in [-0.05, 0) is 37.4 Å². The molecule has 3 aliphatic heterocycles. The molecule has 0 spiro atoms. The lowest BCUT2D eigenvalue weighted by molar-refractivity contribution is 0.0580. The van der Waals surface area contributed by atoms with Crippen molar-refractivity contribution in [1.82, 2.24) is 25.2 Å². The largest absolute Gasteiger partial charge is 0.332 e. The van der Waals surface area contributed by atoms with Crippen molar-refractivity contribution in [2.75, 3.05) is 19.6 Å². The van der Waals surface area contributed by atoms with Gasteiger partial charge in [0.05, 0.1) is 5.52 Å². The van der Waals surface area contributed by atoms with E-state index < -0.39 is 0 Å². The van der Waals surface area contributed by atoms with E-state index in [0.29, 0.717) is 23.4 Å². The number of H-pyrrole nitrogens is 1. The second-order valence-electron chi connectivity index (χ2n) is 5.67. The average Bonchev–Trinajstić information content (AvgIpc) is 2.64. The molecule has 3 aliphatic rings. The summed E-state index contributed by atoms with van der Waals surface area (Å²) in [4.78, 5) is 26.2. The highest BCUT2D eigenvalue weighted by Crippen LogP contribution is 2.25. The van der Waals surface area contributed by atoms with Gasteiger partial charge in [-0.2, -0.15) is 0 Å². The molecular weight excluding hydrogens is 254 g/mol. The molecule has 0 unspecified atom stereocenters. The number of carbonyl (C=O) groups is 1. The Labute approximate surface area is 116 Å². The van der Waals surface area contributed by atoms with E-state index in [9.17, 15) is 4.79 Å². The minimum Gasteiger partial charge on any atom is -0.332 e. The van der Waals surface area contributed by atoms with Gasteiger partial charge in [-0.1, -0.05) is 0 Å². The number of imidazole rings is 1. The molecule has 0 aliphatic carbocycles. The number of aromatic nitrogens is 3. The van der Waals surface area contributed by atoms with Crippen molar-refractivity contribution in [1.29, 1.82) is 0 Å². The van der Waals surface area contributed by atoms with Crippen molar-refractivity contribution >= 4 is 17.1 Å². The molecule has 1 amide bonds. The number of aromatic amines is 1. The summed E-state index contributed by atoms with van der Waals surface area (Å²) in [6, 6.07) is 4.02. The lowest BCUT2D eigenvalue weighted by Gasteiger charge is -2.35. The highest BCUT2D eigenvalue weighted by molar-refractivity contribution is 5.93. The van der Waals surface area contributed by atoms with Crippen molar-refractivity contribution in [3.05, 3.63) is 24.2 Å². The number of hydrogen-bond acceptors (Lipinski definition) is 4. The van der Waals surface area contributed by atoms with E-state index in [0.717, 1.165) is 31.6 Å². The number of piperidine rings is 1. The summed E-state index contributed by atoms with van der Waals surface area (Å²) in [5.41, 5.74) is 1.42. The van der Waals surface area contributed by atoms with Crippen LogP contribution in [0.15, 0.2) is 18.3 Å². The summed E-state index contributed by atoms with van der Waals surface area (Å²) in [7, 11) is 0. The zero-order valence-corrected chi connectivity index (χ0v) is 11.2. The molecule has 6 nitrogen and oxygen atoms in total. The fraction of sp³-hybridized carbons (Fsp3) is 0.500. The van der Waals surface area contributed by atoms with E-state index in [-0.39, 0.29) is 5.91 Å². The van der Waals surface area contributed by atoms with Gasteiger partial charge in [0, 0.05) is 25.3 Å². The summed E-state index contributed by atoms with van der Waals surface area (Å²) in [5.74, 6) is 0.979. The molecule has 3 saturated heterocycles. The Morgan fingerprint density at radius 2 is 2.30 bits per heavy atom. The quantitative estimate of drug-likeness (QED) is 0.804. The number of rotatable bonds is 1. The van der Waals surface area contributed by atoms with Gasteiger partial charge in [-0.15, -0.1) is 0 Å². The summed E-state index contributed by atoms with van der Waals surface area (Å²) in [6.07, 6.45) is 3.99. The predicted molar refractivity (Wildman–Crippen MR) is 74.3 cm³/mol. The maximum Gasteiger partial charge on any atom is 0.290 e. The van der Waals surface area contributed by atoms with Gasteiger partial charge in [0.15, 0.2) is 11.5 Å². The molecule has 2 aromatic heterocycles. The normalized spacial score (nSPS) is 25.9. The van der Waals surface area contributed by atoms with Crippen LogP contribution in [0.25, 0.3) is 11.2 Å². The van der Waals surface area contributed by atoms with Crippen LogP contribution in [-0.2, 0) is 0 Å². The molecule has 0 radical (unpaired) electrons. The first-order chi connectivity index (χ1) is 9.81. The highest BCUT2D eigenvalue weighted by atomic mass is 16.2. The van der Waals surface area contributed by atoms with Crippen LogP contribution in [0, 0.1) is 5.92 Å². The number of nitrogens with zero attached hydrogens (tertiary/aromatic N) is 3. The number of carbonyl (C=O) groups excluding carboxylic acids is 1. The molecule has 3 fully saturated rings. The molecule has 2 N–H and O–H groups in total. The second kappa shape index (κ2) is 4.56. The average molecular weight is 271 g/mol. The van der Waals surface area contributed by atoms with Crippen molar-refractivity contribution in [3.63, 3.8) is 0 Å². The van der Waals surface area contributed by atoms with Crippen molar-refractivity contribution in [3.8, 4) is 0 Å². The van der Waals surface area contributed by atoms with Crippen LogP contribution in [0.4, 0.5) is 0 Å². The maximum atomic E-state index is 12.7. The zero-order valence-electron chi connectivity index (χ0n) is 11.2. The molecule has 0 saturated carbocycles. The fourth-order valence-corrected chi connectivity index (χ4v) is 3.27. The van der Waals surface area contributed by atoms with Gasteiger partial charge in [-0.25, -0.2) is 9.97 Å². The van der Waals surface area contributed by atoms with Gasteiger partial charge < -0.3 is 15.2 Å². The molecular formula is C14H17N5O. The lowest BCUT2D eigenvalue weighted by atomic mass is 9.95. The first-order valence-corrected chi connectivity index (χ1v) is 7.13. The third-order valence-electron chi connectivity index (χ3n) is 4.34. The first kappa shape index (κ1) is 11.8. The summed E-state index contributed by atoms with van der Waals surface area (Å²) in [5, 5.41) is 3.44. The standard InChI is InChI=1S/C14H17N5O/c20-14(13-17-11-2-1-5-16-12(11)18-13)19-8-9-3-4-10(19)7-15-6-9/h1-2,5,9-10,15H,3-4,6-8H2,(H,16,17,18)/t9-,10+/m1/s1. The summed E-state index contributed by atoms with van der Waals surface area (Å²) < 4.78 is 0. The van der Waals surface area contributed by atoms with Crippen molar-refractivity contribution < 1.29 is 4.79 Å². The third-order valence-corrected chi connectivity index (χ3v) is 4.34. The Bertz CT molecular complexity index is 615. The number of amides is 1. The Kier molecular flexibility index (Phi) is 2.70. The van der Waals surface area contributed by atoms with Gasteiger partial charge >= 0.3 is 0 Å². The Hall–Kier alpha value is -1.95. The molecule has 5 rings (SSSR count). The Morgan fingerprint density at radius 3 is 3.20 bits per heavy atom. The molecule has 2 bridgehead atoms. The van der Waals surface area contributed by atoms with E-state index in [2.05, 4.69) is 20.3 Å². The molecule has 5 heterocycles. The van der Waals surface area contributed by atoms with Crippen LogP contribution in [0.2, 0.25) is 0 Å². The van der Waals surface area contributed by atoms with Crippen LogP contribution in [-0.4, -0.2) is 51.4 Å². The number of hydrogen-bond donors (Lipinski definition) is 2. The Morgan fingerprint density at radius 1 is 1.35 bits per heavy atom. The molecule has 0 aromatic carbocycles. The maximum absolute atomic E-state index is 12.7. The highest BCUT2D eigenvalue weighted by Gasteiger charge is 2.35. The van der Waals surface area contributed by atoms with E-state index >= 15 is 0 Å². The number of fused-ring (bicyclic) bond motifs is 5. The monoisotopic (exact) mass is 271 g/mol. The van der Waals surface area contributed by atoms with Crippen molar-refractivity contribution in [2.24, 2.45) is 5.92 Å². The van der Waals surface area contributed by atoms with Gasteiger partial charge in [-0.3, -0.25) is 4.79 Å². The molecule has 2 aromatic rings. The summed E-state index contributed by atoms with van der Waals surface area (Å²) in [6.45, 7) is 2.74. The zero-order chi connectivity index (χ0) is 13.5. The fourth-order valence-electron chi connectivity index (χ4n) is 3.27. The smallest absolute Gasteiger partial charge is 0.290 e. The minimum atomic E-state index is 0.00130. The minimum absolute atomic E-state index is 0.00130. The van der Waals surface area contributed by atoms with E-state index in [4.69, 9.17) is 0 Å². The van der Waals surface area contributed by atoms with Gasteiger partial charge in [0.25, 0.3) is 5.91 Å². The van der Waals surface area contributed by atoms with E-state index in [1.807, 2.05) is 17.0 Å². The van der Waals surface area contributed by atoms with Crippen molar-refractivity contribution in [2.45, 2.75) is 18.9 Å². The first-order valence-electron chi connectivity index (χ1n) is 7.13. The Balaban J connectivity index is 1.66. The van der Waals surface area contributed by atoms with Crippen LogP contribution in [0.3, 0.4) is 0 Å². The SMILES string of the molecule is O=C(c1nc2ncccc2[nH]1)N1C[C@@H]2CC[C@H]1CNC2. The van der Waals surface area contributed by atoms with Crippen LogP contribution >= 0.6 is 0 Å². The summed E-state index contributed by atoms with van der Waals surface area (Å²) >= 11 is 0. The third kappa shape index (κ3) is 1.87. The van der Waals surface area contributed by atoms with Crippen LogP contribution < -0.4 is 5.32 Å². The van der Waals surface area contributed by atoms with Crippen LogP contribution in [0.1, 0.15) is 23.5 Å². The van der Waals surface area contributed by atoms with Crippen LogP contribution in [0.5, 0.6) is 0 Å². The van der Waals surface area contributed by atoms with Gasteiger partial charge in [0.2, 0.25) is 0 Å².